The average Bonchev–Trinajstić information content (AvgIpc) is 1.77. The average molecular weight is 217 g/mol. The van der Waals surface area contributed by atoms with Gasteiger partial charge in [-0.1, -0.05) is 29.8 Å². The zero-order valence-corrected chi connectivity index (χ0v) is 8.62. The van der Waals surface area contributed by atoms with Gasteiger partial charge in [0.2, 0.25) is 0 Å². The lowest BCUT2D eigenvalue weighted by Crippen LogP contribution is -1.87. The van der Waals surface area contributed by atoms with Crippen LogP contribution in [0.2, 0.25) is 5.02 Å². The summed E-state index contributed by atoms with van der Waals surface area (Å²) in [6.45, 7) is 0. The molecule has 4 heteroatoms. The van der Waals surface area contributed by atoms with Gasteiger partial charge in [-0.25, -0.2) is 0 Å². The highest BCUT2D eigenvalue weighted by Gasteiger charge is 1.86. The van der Waals surface area contributed by atoms with Gasteiger partial charge in [0.25, 0.3) is 0 Å². The quantitative estimate of drug-likeness (QED) is 0.586. The third-order valence-corrected chi connectivity index (χ3v) is 1.94. The van der Waals surface area contributed by atoms with E-state index in [1.165, 1.54) is 0 Å². The number of halogens is 3. The van der Waals surface area contributed by atoms with E-state index in [0.717, 1.165) is 10.3 Å². The van der Waals surface area contributed by atoms with E-state index in [0.29, 0.717) is 0 Å². The zero-order valence-electron chi connectivity index (χ0n) is 5.08. The summed E-state index contributed by atoms with van der Waals surface area (Å²) in [5.41, 5.74) is 0. The van der Waals surface area contributed by atoms with Crippen molar-refractivity contribution in [3.05, 3.63) is 29.3 Å². The minimum Gasteiger partial charge on any atom is -0.147 e. The molecule has 0 fully saturated rings. The molecule has 0 aromatic heterocycles. The maximum atomic E-state index is 5.69. The third kappa shape index (κ3) is 3.63. The van der Waals surface area contributed by atoms with E-state index in [4.69, 9.17) is 11.6 Å². The van der Waals surface area contributed by atoms with E-state index in [1.54, 1.807) is 0 Å². The molecule has 1 unspecified atom stereocenters. The Labute approximate surface area is 80.4 Å². The predicted molar refractivity (Wildman–Crippen MR) is 55.3 cm³/mol. The molecule has 0 bridgehead atoms. The van der Waals surface area contributed by atoms with Gasteiger partial charge in [-0.2, -0.15) is 0 Å². The predicted octanol–water partition coefficient (Wildman–Crippen LogP) is 2.68. The molecule has 0 saturated heterocycles. The summed E-state index contributed by atoms with van der Waals surface area (Å²) in [5, 5.41) is 1.85. The molecule has 1 rings (SSSR count). The summed E-state index contributed by atoms with van der Waals surface area (Å²) in [6.07, 6.45) is 0. The van der Waals surface area contributed by atoms with Crippen molar-refractivity contribution in [3.8, 4) is 0 Å². The van der Waals surface area contributed by atoms with Crippen LogP contribution in [0.15, 0.2) is 24.3 Å². The van der Waals surface area contributed by atoms with E-state index in [1.807, 2.05) is 24.3 Å². The summed E-state index contributed by atoms with van der Waals surface area (Å²) < 4.78 is 0. The molecular weight excluding hydrogens is 209 g/mol. The Kier molecular flexibility index (Phi) is 8.20. The highest BCUT2D eigenvalue weighted by Crippen LogP contribution is 2.05. The largest absolute Gasteiger partial charge is 0.147 e. The summed E-state index contributed by atoms with van der Waals surface area (Å²) in [6, 6.07) is 7.68. The Bertz CT molecular complexity index is 169. The molecule has 0 radical (unpaired) electrons. The molecule has 0 aliphatic carbocycles. The highest BCUT2D eigenvalue weighted by molar-refractivity contribution is 7.28. The number of hydrogen-bond donors (Lipinski definition) is 0. The molecule has 10 heavy (non-hydrogen) atoms. The molecule has 0 amide bonds. The van der Waals surface area contributed by atoms with Crippen LogP contribution < -0.4 is 5.30 Å². The number of rotatable bonds is 0. The molecule has 0 N–H and O–H groups in total. The van der Waals surface area contributed by atoms with Crippen LogP contribution in [0.4, 0.5) is 0 Å². The molecule has 0 saturated carbocycles. The smallest absolute Gasteiger partial charge is 0.0477 e. The fourth-order valence-corrected chi connectivity index (χ4v) is 0.818. The van der Waals surface area contributed by atoms with Crippen LogP contribution in [0.1, 0.15) is 0 Å². The van der Waals surface area contributed by atoms with Crippen LogP contribution in [0, 0.1) is 0 Å². The topological polar surface area (TPSA) is 0 Å². The van der Waals surface area contributed by atoms with Gasteiger partial charge in [0, 0.05) is 5.02 Å². The lowest BCUT2D eigenvalue weighted by Gasteiger charge is -1.90. The normalized spacial score (nSPS) is 7.40. The lowest BCUT2D eigenvalue weighted by molar-refractivity contribution is 1.78. The maximum Gasteiger partial charge on any atom is 0.0477 e. The molecule has 0 nitrogen and oxygen atoms in total. The zero-order chi connectivity index (χ0) is 5.98. The van der Waals surface area contributed by atoms with Crippen LogP contribution in [0.3, 0.4) is 0 Å². The van der Waals surface area contributed by atoms with Crippen LogP contribution in [0.5, 0.6) is 0 Å². The lowest BCUT2D eigenvalue weighted by atomic mass is 10.4. The highest BCUT2D eigenvalue weighted by atomic mass is 35.5. The van der Waals surface area contributed by atoms with Crippen molar-refractivity contribution in [2.45, 2.75) is 0 Å². The van der Waals surface area contributed by atoms with Crippen molar-refractivity contribution in [2.24, 2.45) is 0 Å². The van der Waals surface area contributed by atoms with Gasteiger partial charge in [0.1, 0.15) is 0 Å². The first-order valence-electron chi connectivity index (χ1n) is 2.31. The van der Waals surface area contributed by atoms with Crippen molar-refractivity contribution in [3.63, 3.8) is 0 Å². The molecular formula is C6H8Cl3P. The Balaban J connectivity index is 0. The Morgan fingerprint density at radius 3 is 1.90 bits per heavy atom. The van der Waals surface area contributed by atoms with Crippen LogP contribution in [-0.4, -0.2) is 0 Å². The standard InChI is InChI=1S/C6H6ClP.2ClH/c7-5-3-1-2-4-6(5)8;;/h1-4H,8H2;2*1H. The van der Waals surface area contributed by atoms with E-state index >= 15 is 0 Å². The van der Waals surface area contributed by atoms with E-state index in [-0.39, 0.29) is 24.8 Å². The van der Waals surface area contributed by atoms with Crippen molar-refractivity contribution in [1.29, 1.82) is 0 Å². The number of hydrogen-bond acceptors (Lipinski definition) is 0. The first-order chi connectivity index (χ1) is 3.80. The van der Waals surface area contributed by atoms with E-state index in [2.05, 4.69) is 9.24 Å². The molecule has 0 spiro atoms. The molecule has 1 atom stereocenters. The second kappa shape index (κ2) is 6.24. The fraction of sp³-hybridized carbons (Fsp3) is 0. The van der Waals surface area contributed by atoms with Gasteiger partial charge in [0.05, 0.1) is 0 Å². The van der Waals surface area contributed by atoms with Gasteiger partial charge in [-0.3, -0.25) is 0 Å². The number of benzene rings is 1. The van der Waals surface area contributed by atoms with Gasteiger partial charge < -0.3 is 0 Å². The first kappa shape index (κ1) is 13.1. The van der Waals surface area contributed by atoms with Crippen molar-refractivity contribution >= 4 is 51.0 Å². The maximum absolute atomic E-state index is 5.69. The Morgan fingerprint density at radius 2 is 1.60 bits per heavy atom. The van der Waals surface area contributed by atoms with Gasteiger partial charge in [0.15, 0.2) is 0 Å². The SMILES string of the molecule is Cl.Cl.Pc1ccccc1Cl. The minimum atomic E-state index is 0. The molecule has 0 aliphatic rings. The summed E-state index contributed by atoms with van der Waals surface area (Å²) in [4.78, 5) is 0. The molecule has 58 valence electrons. The first-order valence-corrected chi connectivity index (χ1v) is 3.26. The Hall–Kier alpha value is 0.520. The second-order valence-electron chi connectivity index (χ2n) is 1.52. The van der Waals surface area contributed by atoms with Gasteiger partial charge in [-0.05, 0) is 11.4 Å². The van der Waals surface area contributed by atoms with E-state index in [9.17, 15) is 0 Å². The van der Waals surface area contributed by atoms with Gasteiger partial charge in [-0.15, -0.1) is 34.1 Å². The molecule has 0 aliphatic heterocycles. The van der Waals surface area contributed by atoms with Crippen molar-refractivity contribution < 1.29 is 0 Å². The van der Waals surface area contributed by atoms with Gasteiger partial charge >= 0.3 is 0 Å². The monoisotopic (exact) mass is 216 g/mol. The Morgan fingerprint density at radius 1 is 1.10 bits per heavy atom. The van der Waals surface area contributed by atoms with Crippen LogP contribution >= 0.6 is 45.7 Å². The molecule has 1 aromatic rings. The minimum absolute atomic E-state index is 0. The second-order valence-corrected chi connectivity index (χ2v) is 2.55. The fourth-order valence-electron chi connectivity index (χ4n) is 0.475. The molecule has 1 aromatic carbocycles. The summed E-state index contributed by atoms with van der Waals surface area (Å²) >= 11 is 5.69. The third-order valence-electron chi connectivity index (χ3n) is 0.905. The van der Waals surface area contributed by atoms with Crippen LogP contribution in [0.25, 0.3) is 0 Å². The van der Waals surface area contributed by atoms with Crippen molar-refractivity contribution in [2.75, 3.05) is 0 Å². The summed E-state index contributed by atoms with van der Waals surface area (Å²) in [5.74, 6) is 0. The molecule has 0 heterocycles. The van der Waals surface area contributed by atoms with Crippen molar-refractivity contribution in [1.82, 2.24) is 0 Å². The van der Waals surface area contributed by atoms with Crippen LogP contribution in [-0.2, 0) is 0 Å². The summed E-state index contributed by atoms with van der Waals surface area (Å²) in [7, 11) is 2.55. The van der Waals surface area contributed by atoms with E-state index < -0.39 is 0 Å².